The highest BCUT2D eigenvalue weighted by Crippen LogP contribution is 2.23. The molecule has 1 saturated heterocycles. The van der Waals surface area contributed by atoms with E-state index >= 15 is 0 Å². The van der Waals surface area contributed by atoms with Crippen LogP contribution in [0.4, 0.5) is 11.4 Å². The lowest BCUT2D eigenvalue weighted by Gasteiger charge is -2.33. The van der Waals surface area contributed by atoms with E-state index in [0.29, 0.717) is 6.10 Å². The number of benzene rings is 2. The Hall–Kier alpha value is -2.33. The van der Waals surface area contributed by atoms with Crippen molar-refractivity contribution in [2.75, 3.05) is 30.4 Å². The predicted octanol–water partition coefficient (Wildman–Crippen LogP) is 4.17. The Bertz CT molecular complexity index is 732. The number of anilines is 2. The van der Waals surface area contributed by atoms with Gasteiger partial charge in [0.2, 0.25) is 0 Å². The highest BCUT2D eigenvalue weighted by molar-refractivity contribution is 6.05. The van der Waals surface area contributed by atoms with E-state index in [1.54, 1.807) is 7.11 Å². The number of carbonyl (C=O) groups is 1. The van der Waals surface area contributed by atoms with Crippen LogP contribution in [0.1, 0.15) is 34.3 Å². The van der Waals surface area contributed by atoms with Crippen LogP contribution in [0.25, 0.3) is 0 Å². The fourth-order valence-electron chi connectivity index (χ4n) is 3.37. The molecular weight excluding hydrogens is 312 g/mol. The first-order chi connectivity index (χ1) is 12.1. The number of hydrogen-bond acceptors (Lipinski definition) is 3. The lowest BCUT2D eigenvalue weighted by molar-refractivity contribution is 0.0819. The highest BCUT2D eigenvalue weighted by Gasteiger charge is 2.18. The van der Waals surface area contributed by atoms with Crippen molar-refractivity contribution in [3.63, 3.8) is 0 Å². The summed E-state index contributed by atoms with van der Waals surface area (Å²) >= 11 is 0. The molecule has 2 aromatic carbocycles. The van der Waals surface area contributed by atoms with Gasteiger partial charge in [-0.05, 0) is 62.6 Å². The van der Waals surface area contributed by atoms with E-state index in [1.807, 2.05) is 44.2 Å². The van der Waals surface area contributed by atoms with E-state index in [-0.39, 0.29) is 5.91 Å². The van der Waals surface area contributed by atoms with Crippen LogP contribution in [0.5, 0.6) is 0 Å². The summed E-state index contributed by atoms with van der Waals surface area (Å²) in [7, 11) is 1.79. The number of ether oxygens (including phenoxy) is 1. The van der Waals surface area contributed by atoms with Crippen molar-refractivity contribution in [2.24, 2.45) is 0 Å². The number of amides is 1. The van der Waals surface area contributed by atoms with Gasteiger partial charge in [-0.25, -0.2) is 0 Å². The first-order valence-corrected chi connectivity index (χ1v) is 8.83. The zero-order valence-electron chi connectivity index (χ0n) is 15.2. The molecule has 2 aromatic rings. The zero-order valence-corrected chi connectivity index (χ0v) is 15.2. The summed E-state index contributed by atoms with van der Waals surface area (Å²) in [6.45, 7) is 6.01. The molecular formula is C21H26N2O2. The number of nitrogens with zero attached hydrogens (tertiary/aromatic N) is 1. The number of carbonyl (C=O) groups excluding carboxylic acids is 1. The molecule has 132 valence electrons. The summed E-state index contributed by atoms with van der Waals surface area (Å²) in [5, 5.41) is 2.99. The third kappa shape index (κ3) is 4.20. The molecule has 0 spiro atoms. The first kappa shape index (κ1) is 17.5. The van der Waals surface area contributed by atoms with Gasteiger partial charge in [-0.1, -0.05) is 17.7 Å². The monoisotopic (exact) mass is 338 g/mol. The summed E-state index contributed by atoms with van der Waals surface area (Å²) in [4.78, 5) is 14.8. The van der Waals surface area contributed by atoms with Crippen molar-refractivity contribution in [2.45, 2.75) is 32.8 Å². The van der Waals surface area contributed by atoms with Crippen molar-refractivity contribution < 1.29 is 9.53 Å². The van der Waals surface area contributed by atoms with Crippen molar-refractivity contribution in [3.05, 3.63) is 59.2 Å². The Morgan fingerprint density at radius 3 is 2.36 bits per heavy atom. The summed E-state index contributed by atoms with van der Waals surface area (Å²) in [5.74, 6) is -0.0637. The standard InChI is InChI=1S/C21H26N2O2/c1-15-4-9-20(16(2)14-15)21(24)22-17-5-7-18(8-6-17)23-12-10-19(25-3)11-13-23/h4-9,14,19H,10-13H2,1-3H3,(H,22,24). The lowest BCUT2D eigenvalue weighted by Crippen LogP contribution is -2.36. The van der Waals surface area contributed by atoms with E-state index in [0.717, 1.165) is 48.3 Å². The van der Waals surface area contributed by atoms with Gasteiger partial charge in [0.25, 0.3) is 5.91 Å². The van der Waals surface area contributed by atoms with Crippen LogP contribution in [-0.4, -0.2) is 32.2 Å². The van der Waals surface area contributed by atoms with Crippen molar-refractivity contribution >= 4 is 17.3 Å². The molecule has 4 heteroatoms. The van der Waals surface area contributed by atoms with Gasteiger partial charge in [-0.15, -0.1) is 0 Å². The third-order valence-corrected chi connectivity index (χ3v) is 4.89. The molecule has 25 heavy (non-hydrogen) atoms. The summed E-state index contributed by atoms with van der Waals surface area (Å²) in [6, 6.07) is 14.0. The molecule has 1 heterocycles. The lowest BCUT2D eigenvalue weighted by atomic mass is 10.0. The van der Waals surface area contributed by atoms with Crippen LogP contribution < -0.4 is 10.2 Å². The van der Waals surface area contributed by atoms with Crippen molar-refractivity contribution in [1.82, 2.24) is 0 Å². The van der Waals surface area contributed by atoms with Crippen LogP contribution >= 0.6 is 0 Å². The van der Waals surface area contributed by atoms with Gasteiger partial charge in [-0.3, -0.25) is 4.79 Å². The topological polar surface area (TPSA) is 41.6 Å². The maximum Gasteiger partial charge on any atom is 0.255 e. The third-order valence-electron chi connectivity index (χ3n) is 4.89. The Kier molecular flexibility index (Phi) is 5.39. The summed E-state index contributed by atoms with van der Waals surface area (Å²) in [6.07, 6.45) is 2.50. The Labute approximate surface area is 149 Å². The van der Waals surface area contributed by atoms with Gasteiger partial charge >= 0.3 is 0 Å². The zero-order chi connectivity index (χ0) is 17.8. The van der Waals surface area contributed by atoms with Gasteiger partial charge in [0, 0.05) is 37.1 Å². The van der Waals surface area contributed by atoms with E-state index in [1.165, 1.54) is 5.69 Å². The molecule has 0 saturated carbocycles. The fraction of sp³-hybridized carbons (Fsp3) is 0.381. The minimum atomic E-state index is -0.0637. The van der Waals surface area contributed by atoms with Gasteiger partial charge in [0.15, 0.2) is 0 Å². The fourth-order valence-corrected chi connectivity index (χ4v) is 3.37. The van der Waals surface area contributed by atoms with Crippen molar-refractivity contribution in [3.8, 4) is 0 Å². The maximum absolute atomic E-state index is 12.5. The number of methoxy groups -OCH3 is 1. The number of rotatable bonds is 4. The molecule has 4 nitrogen and oxygen atoms in total. The van der Waals surface area contributed by atoms with Gasteiger partial charge in [0.05, 0.1) is 6.10 Å². The molecule has 0 aromatic heterocycles. The average Bonchev–Trinajstić information content (AvgIpc) is 2.62. The summed E-state index contributed by atoms with van der Waals surface area (Å²) in [5.41, 5.74) is 4.89. The molecule has 3 rings (SSSR count). The molecule has 1 N–H and O–H groups in total. The molecule has 1 fully saturated rings. The van der Waals surface area contributed by atoms with Crippen LogP contribution in [-0.2, 0) is 4.74 Å². The van der Waals surface area contributed by atoms with Gasteiger partial charge in [0.1, 0.15) is 0 Å². The van der Waals surface area contributed by atoms with E-state index < -0.39 is 0 Å². The Morgan fingerprint density at radius 2 is 1.76 bits per heavy atom. The Balaban J connectivity index is 1.63. The average molecular weight is 338 g/mol. The molecule has 1 amide bonds. The minimum absolute atomic E-state index is 0.0637. The number of hydrogen-bond donors (Lipinski definition) is 1. The number of nitrogens with one attached hydrogen (secondary N) is 1. The minimum Gasteiger partial charge on any atom is -0.381 e. The summed E-state index contributed by atoms with van der Waals surface area (Å²) < 4.78 is 5.42. The second-order valence-corrected chi connectivity index (χ2v) is 6.74. The molecule has 1 aliphatic heterocycles. The second kappa shape index (κ2) is 7.70. The molecule has 0 bridgehead atoms. The molecule has 0 atom stereocenters. The number of aryl methyl sites for hydroxylation is 2. The van der Waals surface area contributed by atoms with Crippen LogP contribution in [0.15, 0.2) is 42.5 Å². The smallest absolute Gasteiger partial charge is 0.255 e. The van der Waals surface area contributed by atoms with E-state index in [4.69, 9.17) is 4.74 Å². The highest BCUT2D eigenvalue weighted by atomic mass is 16.5. The Morgan fingerprint density at radius 1 is 1.08 bits per heavy atom. The molecule has 0 unspecified atom stereocenters. The quantitative estimate of drug-likeness (QED) is 0.910. The molecule has 1 aliphatic rings. The molecule has 0 aliphatic carbocycles. The maximum atomic E-state index is 12.5. The van der Waals surface area contributed by atoms with Gasteiger partial charge < -0.3 is 15.0 Å². The normalized spacial score (nSPS) is 15.2. The SMILES string of the molecule is COC1CCN(c2ccc(NC(=O)c3ccc(C)cc3C)cc2)CC1. The number of piperidine rings is 1. The van der Waals surface area contributed by atoms with E-state index in [2.05, 4.69) is 22.3 Å². The van der Waals surface area contributed by atoms with Crippen LogP contribution in [0, 0.1) is 13.8 Å². The van der Waals surface area contributed by atoms with Crippen LogP contribution in [0.2, 0.25) is 0 Å². The second-order valence-electron chi connectivity index (χ2n) is 6.74. The molecule has 0 radical (unpaired) electrons. The largest absolute Gasteiger partial charge is 0.381 e. The van der Waals surface area contributed by atoms with Crippen LogP contribution in [0.3, 0.4) is 0 Å². The van der Waals surface area contributed by atoms with E-state index in [9.17, 15) is 4.79 Å². The van der Waals surface area contributed by atoms with Gasteiger partial charge in [-0.2, -0.15) is 0 Å². The first-order valence-electron chi connectivity index (χ1n) is 8.83. The predicted molar refractivity (Wildman–Crippen MR) is 103 cm³/mol. The van der Waals surface area contributed by atoms with Crippen molar-refractivity contribution in [1.29, 1.82) is 0 Å².